The van der Waals surface area contributed by atoms with Crippen molar-refractivity contribution in [3.8, 4) is 0 Å². The molecule has 1 aromatic carbocycles. The summed E-state index contributed by atoms with van der Waals surface area (Å²) < 4.78 is 27.0. The maximum absolute atomic E-state index is 12.8. The molecule has 0 aromatic heterocycles. The van der Waals surface area contributed by atoms with Crippen LogP contribution in [0.3, 0.4) is 0 Å². The summed E-state index contributed by atoms with van der Waals surface area (Å²) in [5, 5.41) is 2.96. The van der Waals surface area contributed by atoms with Crippen molar-refractivity contribution in [2.24, 2.45) is 0 Å². The number of benzene rings is 1. The SMILES string of the molecule is CCCCC[C@H](C)NC(=O)c1ccc(C)c(S(=O)(=O)N(CC)CC)c1. The van der Waals surface area contributed by atoms with Gasteiger partial charge in [0.2, 0.25) is 10.0 Å². The molecule has 0 saturated carbocycles. The molecule has 1 rings (SSSR count). The highest BCUT2D eigenvalue weighted by Crippen LogP contribution is 2.21. The van der Waals surface area contributed by atoms with Crippen LogP contribution < -0.4 is 5.32 Å². The summed E-state index contributed by atoms with van der Waals surface area (Å²) in [6.45, 7) is 10.3. The van der Waals surface area contributed by atoms with Crippen LogP contribution in [0.25, 0.3) is 0 Å². The van der Waals surface area contributed by atoms with Crippen LogP contribution in [0.4, 0.5) is 0 Å². The molecule has 0 heterocycles. The van der Waals surface area contributed by atoms with Gasteiger partial charge in [-0.1, -0.05) is 46.1 Å². The van der Waals surface area contributed by atoms with E-state index in [9.17, 15) is 13.2 Å². The largest absolute Gasteiger partial charge is 0.350 e. The first-order chi connectivity index (χ1) is 11.8. The van der Waals surface area contributed by atoms with Crippen LogP contribution in [0.2, 0.25) is 0 Å². The second-order valence-corrected chi connectivity index (χ2v) is 8.35. The second-order valence-electron chi connectivity index (χ2n) is 6.44. The van der Waals surface area contributed by atoms with Crippen molar-refractivity contribution in [1.29, 1.82) is 0 Å². The molecule has 1 aromatic rings. The van der Waals surface area contributed by atoms with Gasteiger partial charge < -0.3 is 5.32 Å². The van der Waals surface area contributed by atoms with E-state index < -0.39 is 10.0 Å². The molecule has 0 fully saturated rings. The van der Waals surface area contributed by atoms with Crippen molar-refractivity contribution in [2.75, 3.05) is 13.1 Å². The van der Waals surface area contributed by atoms with E-state index in [0.29, 0.717) is 24.2 Å². The van der Waals surface area contributed by atoms with Gasteiger partial charge in [-0.3, -0.25) is 4.79 Å². The number of amides is 1. The maximum atomic E-state index is 12.8. The molecule has 0 aliphatic carbocycles. The van der Waals surface area contributed by atoms with E-state index in [2.05, 4.69) is 12.2 Å². The number of nitrogens with one attached hydrogen (secondary N) is 1. The van der Waals surface area contributed by atoms with Crippen LogP contribution in [0.1, 0.15) is 69.3 Å². The smallest absolute Gasteiger partial charge is 0.251 e. The summed E-state index contributed by atoms with van der Waals surface area (Å²) in [6.07, 6.45) is 4.30. The monoisotopic (exact) mass is 368 g/mol. The number of nitrogens with zero attached hydrogens (tertiary/aromatic N) is 1. The minimum absolute atomic E-state index is 0.0724. The van der Waals surface area contributed by atoms with Crippen molar-refractivity contribution < 1.29 is 13.2 Å². The van der Waals surface area contributed by atoms with Gasteiger partial charge in [0.05, 0.1) is 4.90 Å². The highest BCUT2D eigenvalue weighted by atomic mass is 32.2. The average Bonchev–Trinajstić information content (AvgIpc) is 2.56. The molecule has 0 saturated heterocycles. The van der Waals surface area contributed by atoms with Crippen molar-refractivity contribution in [3.05, 3.63) is 29.3 Å². The third kappa shape index (κ3) is 5.82. The number of hydrogen-bond acceptors (Lipinski definition) is 3. The molecule has 0 aliphatic rings. The second kappa shape index (κ2) is 9.92. The molecule has 6 heteroatoms. The van der Waals surface area contributed by atoms with Crippen LogP contribution in [0.5, 0.6) is 0 Å². The zero-order valence-corrected chi connectivity index (χ0v) is 16.9. The molecule has 0 aliphatic heterocycles. The number of carbonyl (C=O) groups is 1. The summed E-state index contributed by atoms with van der Waals surface area (Å²) >= 11 is 0. The van der Waals surface area contributed by atoms with Crippen molar-refractivity contribution in [3.63, 3.8) is 0 Å². The Labute approximate surface area is 152 Å². The van der Waals surface area contributed by atoms with E-state index in [1.54, 1.807) is 19.1 Å². The lowest BCUT2D eigenvalue weighted by molar-refractivity contribution is 0.0937. The highest BCUT2D eigenvalue weighted by molar-refractivity contribution is 7.89. The molecular formula is C19H32N2O3S. The van der Waals surface area contributed by atoms with E-state index in [4.69, 9.17) is 0 Å². The summed E-state index contributed by atoms with van der Waals surface area (Å²) in [7, 11) is -3.58. The summed E-state index contributed by atoms with van der Waals surface area (Å²) in [5.41, 5.74) is 1.04. The van der Waals surface area contributed by atoms with Crippen LogP contribution in [0.15, 0.2) is 23.1 Å². The van der Waals surface area contributed by atoms with Gasteiger partial charge in [-0.05, 0) is 38.0 Å². The molecule has 1 N–H and O–H groups in total. The summed E-state index contributed by atoms with van der Waals surface area (Å²) in [6, 6.07) is 4.96. The predicted octanol–water partition coefficient (Wildman–Crippen LogP) is 3.72. The van der Waals surface area contributed by atoms with Gasteiger partial charge in [-0.25, -0.2) is 8.42 Å². The minimum Gasteiger partial charge on any atom is -0.350 e. The number of carbonyl (C=O) groups excluding carboxylic acids is 1. The lowest BCUT2D eigenvalue weighted by Crippen LogP contribution is -2.33. The Balaban J connectivity index is 2.99. The molecule has 0 unspecified atom stereocenters. The molecule has 5 nitrogen and oxygen atoms in total. The summed E-state index contributed by atoms with van der Waals surface area (Å²) in [5.74, 6) is -0.222. The van der Waals surface area contributed by atoms with Crippen molar-refractivity contribution in [2.45, 2.75) is 71.2 Å². The number of unbranched alkanes of at least 4 members (excludes halogenated alkanes) is 2. The van der Waals surface area contributed by atoms with Gasteiger partial charge in [0.15, 0.2) is 0 Å². The summed E-state index contributed by atoms with van der Waals surface area (Å²) in [4.78, 5) is 12.7. The first kappa shape index (κ1) is 21.6. The maximum Gasteiger partial charge on any atom is 0.251 e. The Morgan fingerprint density at radius 3 is 2.36 bits per heavy atom. The van der Waals surface area contributed by atoms with Gasteiger partial charge >= 0.3 is 0 Å². The van der Waals surface area contributed by atoms with Gasteiger partial charge in [-0.2, -0.15) is 4.31 Å². The molecule has 1 amide bonds. The fraction of sp³-hybridized carbons (Fsp3) is 0.632. The van der Waals surface area contributed by atoms with Gasteiger partial charge in [0, 0.05) is 24.7 Å². The van der Waals surface area contributed by atoms with E-state index in [1.165, 1.54) is 10.4 Å². The van der Waals surface area contributed by atoms with Gasteiger partial charge in [0.1, 0.15) is 0 Å². The lowest BCUT2D eigenvalue weighted by atomic mass is 10.1. The zero-order valence-electron chi connectivity index (χ0n) is 16.1. The fourth-order valence-electron chi connectivity index (χ4n) is 2.80. The Hall–Kier alpha value is -1.40. The first-order valence-corrected chi connectivity index (χ1v) is 10.6. The van der Waals surface area contributed by atoms with Crippen LogP contribution >= 0.6 is 0 Å². The van der Waals surface area contributed by atoms with E-state index in [-0.39, 0.29) is 16.8 Å². The molecule has 25 heavy (non-hydrogen) atoms. The molecule has 142 valence electrons. The molecule has 1 atom stereocenters. The first-order valence-electron chi connectivity index (χ1n) is 9.19. The van der Waals surface area contributed by atoms with E-state index in [1.807, 2.05) is 20.8 Å². The van der Waals surface area contributed by atoms with E-state index in [0.717, 1.165) is 25.7 Å². The third-order valence-electron chi connectivity index (χ3n) is 4.39. The quantitative estimate of drug-likeness (QED) is 0.640. The van der Waals surface area contributed by atoms with Crippen molar-refractivity contribution >= 4 is 15.9 Å². The van der Waals surface area contributed by atoms with E-state index >= 15 is 0 Å². The Kier molecular flexibility index (Phi) is 8.59. The Morgan fingerprint density at radius 1 is 1.16 bits per heavy atom. The van der Waals surface area contributed by atoms with Crippen LogP contribution in [-0.2, 0) is 10.0 Å². The lowest BCUT2D eigenvalue weighted by Gasteiger charge is -2.20. The molecular weight excluding hydrogens is 336 g/mol. The number of rotatable bonds is 10. The van der Waals surface area contributed by atoms with Crippen LogP contribution in [-0.4, -0.2) is 37.8 Å². The minimum atomic E-state index is -3.58. The third-order valence-corrected chi connectivity index (χ3v) is 6.58. The average molecular weight is 369 g/mol. The molecule has 0 radical (unpaired) electrons. The predicted molar refractivity (Wildman–Crippen MR) is 102 cm³/mol. The normalized spacial score (nSPS) is 13.0. The Bertz CT molecular complexity index is 667. The number of aryl methyl sites for hydroxylation is 1. The highest BCUT2D eigenvalue weighted by Gasteiger charge is 2.24. The standard InChI is InChI=1S/C19H32N2O3S/c1-6-9-10-11-16(5)20-19(22)17-13-12-15(4)18(14-17)25(23,24)21(7-2)8-3/h12-14,16H,6-11H2,1-5H3,(H,20,22)/t16-/m0/s1. The topological polar surface area (TPSA) is 66.5 Å². The fourth-order valence-corrected chi connectivity index (χ4v) is 4.51. The molecule has 0 spiro atoms. The van der Waals surface area contributed by atoms with Crippen molar-refractivity contribution in [1.82, 2.24) is 9.62 Å². The van der Waals surface area contributed by atoms with Gasteiger partial charge in [0.25, 0.3) is 5.91 Å². The number of hydrogen-bond donors (Lipinski definition) is 1. The van der Waals surface area contributed by atoms with Gasteiger partial charge in [-0.15, -0.1) is 0 Å². The Morgan fingerprint density at radius 2 is 1.80 bits per heavy atom. The zero-order chi connectivity index (χ0) is 19.0. The molecule has 0 bridgehead atoms. The van der Waals surface area contributed by atoms with Crippen LogP contribution in [0, 0.1) is 6.92 Å². The number of sulfonamides is 1.